The Morgan fingerprint density at radius 1 is 1.37 bits per heavy atom. The van der Waals surface area contributed by atoms with E-state index in [2.05, 4.69) is 6.58 Å². The third kappa shape index (κ3) is 4.87. The van der Waals surface area contributed by atoms with Crippen LogP contribution in [0.25, 0.3) is 0 Å². The molecule has 5 nitrogen and oxygen atoms in total. The highest BCUT2D eigenvalue weighted by Gasteiger charge is 2.31. The largest absolute Gasteiger partial charge is 0.463 e. The minimum atomic E-state index is -0.537. The lowest BCUT2D eigenvalue weighted by atomic mass is 10.00. The first-order chi connectivity index (χ1) is 8.93. The van der Waals surface area contributed by atoms with E-state index in [9.17, 15) is 9.59 Å². The van der Waals surface area contributed by atoms with Crippen molar-refractivity contribution in [2.75, 3.05) is 6.61 Å². The minimum Gasteiger partial charge on any atom is -0.463 e. The highest BCUT2D eigenvalue weighted by atomic mass is 16.6. The van der Waals surface area contributed by atoms with Gasteiger partial charge in [0.2, 0.25) is 0 Å². The Bertz CT molecular complexity index is 374. The molecule has 1 aliphatic heterocycles. The molecule has 0 fully saturated rings. The zero-order valence-corrected chi connectivity index (χ0v) is 11.5. The standard InChI is InChI=1S/C14H20O5/c1-5-9(2)12-6-7-13(18-11(4)16)14(19-12)8-17-10(3)15/h5-7,9,12-14H,1,8H2,2-4H3/t9?,12-,13-,14+/m0/s1. The van der Waals surface area contributed by atoms with E-state index in [0.717, 1.165) is 0 Å². The third-order valence-electron chi connectivity index (χ3n) is 2.83. The van der Waals surface area contributed by atoms with Crippen molar-refractivity contribution in [3.8, 4) is 0 Å². The second-order valence-corrected chi connectivity index (χ2v) is 4.50. The van der Waals surface area contributed by atoms with Crippen LogP contribution in [-0.2, 0) is 23.8 Å². The van der Waals surface area contributed by atoms with Crippen molar-refractivity contribution >= 4 is 11.9 Å². The molecule has 0 saturated heterocycles. The van der Waals surface area contributed by atoms with Crippen molar-refractivity contribution in [2.24, 2.45) is 5.92 Å². The topological polar surface area (TPSA) is 61.8 Å². The highest BCUT2D eigenvalue weighted by Crippen LogP contribution is 2.22. The number of ether oxygens (including phenoxy) is 3. The van der Waals surface area contributed by atoms with Gasteiger partial charge in [0.25, 0.3) is 0 Å². The molecule has 1 heterocycles. The maximum atomic E-state index is 11.0. The minimum absolute atomic E-state index is 0.0536. The summed E-state index contributed by atoms with van der Waals surface area (Å²) in [6.45, 7) is 8.39. The lowest BCUT2D eigenvalue weighted by Gasteiger charge is -2.33. The number of esters is 2. The van der Waals surface area contributed by atoms with E-state index in [1.54, 1.807) is 12.2 Å². The molecule has 4 atom stereocenters. The predicted octanol–water partition coefficient (Wildman–Crippen LogP) is 1.63. The number of carbonyl (C=O) groups is 2. The summed E-state index contributed by atoms with van der Waals surface area (Å²) >= 11 is 0. The molecular formula is C14H20O5. The van der Waals surface area contributed by atoms with Crippen molar-refractivity contribution in [1.29, 1.82) is 0 Å². The van der Waals surface area contributed by atoms with Crippen molar-refractivity contribution in [2.45, 2.75) is 39.1 Å². The summed E-state index contributed by atoms with van der Waals surface area (Å²) in [6.07, 6.45) is 4.19. The molecule has 0 aromatic rings. The highest BCUT2D eigenvalue weighted by molar-refractivity contribution is 5.66. The fourth-order valence-electron chi connectivity index (χ4n) is 1.74. The molecule has 0 bridgehead atoms. The van der Waals surface area contributed by atoms with E-state index in [-0.39, 0.29) is 18.6 Å². The summed E-state index contributed by atoms with van der Waals surface area (Å²) in [5, 5.41) is 0. The molecule has 0 aromatic heterocycles. The van der Waals surface area contributed by atoms with Crippen molar-refractivity contribution in [1.82, 2.24) is 0 Å². The Hall–Kier alpha value is -1.62. The summed E-state index contributed by atoms with van der Waals surface area (Å²) in [7, 11) is 0. The average Bonchev–Trinajstić information content (AvgIpc) is 2.35. The molecule has 0 aromatic carbocycles. The third-order valence-corrected chi connectivity index (χ3v) is 2.83. The molecule has 19 heavy (non-hydrogen) atoms. The molecule has 0 amide bonds. The van der Waals surface area contributed by atoms with Crippen LogP contribution in [0.15, 0.2) is 24.8 Å². The van der Waals surface area contributed by atoms with Gasteiger partial charge in [0, 0.05) is 19.8 Å². The first-order valence-corrected chi connectivity index (χ1v) is 6.21. The van der Waals surface area contributed by atoms with Gasteiger partial charge in [0.15, 0.2) is 0 Å². The smallest absolute Gasteiger partial charge is 0.303 e. The van der Waals surface area contributed by atoms with Crippen molar-refractivity contribution in [3.63, 3.8) is 0 Å². The summed E-state index contributed by atoms with van der Waals surface area (Å²) in [5.41, 5.74) is 0. The van der Waals surface area contributed by atoms with E-state index >= 15 is 0 Å². The van der Waals surface area contributed by atoms with Gasteiger partial charge >= 0.3 is 11.9 Å². The van der Waals surface area contributed by atoms with Gasteiger partial charge in [0.05, 0.1) is 6.10 Å². The number of rotatable bonds is 5. The summed E-state index contributed by atoms with van der Waals surface area (Å²) in [6, 6.07) is 0. The molecule has 0 spiro atoms. The zero-order chi connectivity index (χ0) is 14.4. The van der Waals surface area contributed by atoms with Crippen molar-refractivity contribution < 1.29 is 23.8 Å². The molecule has 1 aliphatic rings. The number of hydrogen-bond acceptors (Lipinski definition) is 5. The molecule has 1 rings (SSSR count). The van der Waals surface area contributed by atoms with Gasteiger partial charge in [-0.2, -0.15) is 0 Å². The van der Waals surface area contributed by atoms with Crippen LogP contribution in [0.2, 0.25) is 0 Å². The molecule has 5 heteroatoms. The van der Waals surface area contributed by atoms with Gasteiger partial charge in [-0.15, -0.1) is 6.58 Å². The maximum Gasteiger partial charge on any atom is 0.303 e. The first-order valence-electron chi connectivity index (χ1n) is 6.21. The van der Waals surface area contributed by atoms with Crippen LogP contribution < -0.4 is 0 Å². The van der Waals surface area contributed by atoms with Gasteiger partial charge in [-0.05, 0) is 6.08 Å². The van der Waals surface area contributed by atoms with Crippen LogP contribution in [0.4, 0.5) is 0 Å². The molecule has 1 unspecified atom stereocenters. The number of hydrogen-bond donors (Lipinski definition) is 0. The van der Waals surface area contributed by atoms with E-state index < -0.39 is 24.1 Å². The van der Waals surface area contributed by atoms with Gasteiger partial charge in [0.1, 0.15) is 18.8 Å². The second-order valence-electron chi connectivity index (χ2n) is 4.50. The van der Waals surface area contributed by atoms with Crippen LogP contribution >= 0.6 is 0 Å². The monoisotopic (exact) mass is 268 g/mol. The summed E-state index contributed by atoms with van der Waals surface area (Å²) in [5.74, 6) is -0.677. The Kier molecular flexibility index (Phi) is 5.76. The molecule has 106 valence electrons. The molecular weight excluding hydrogens is 248 g/mol. The van der Waals surface area contributed by atoms with E-state index in [1.165, 1.54) is 13.8 Å². The van der Waals surface area contributed by atoms with Crippen LogP contribution in [0.5, 0.6) is 0 Å². The molecule has 0 N–H and O–H groups in total. The molecule has 0 aliphatic carbocycles. The van der Waals surface area contributed by atoms with Gasteiger partial charge in [-0.1, -0.05) is 19.1 Å². The van der Waals surface area contributed by atoms with Crippen LogP contribution in [0.3, 0.4) is 0 Å². The second kappa shape index (κ2) is 7.09. The molecule has 0 saturated carbocycles. The van der Waals surface area contributed by atoms with Gasteiger partial charge < -0.3 is 14.2 Å². The number of carbonyl (C=O) groups excluding carboxylic acids is 2. The Labute approximate surface area is 113 Å². The zero-order valence-electron chi connectivity index (χ0n) is 11.5. The Morgan fingerprint density at radius 3 is 2.58 bits per heavy atom. The Balaban J connectivity index is 2.74. The Morgan fingerprint density at radius 2 is 2.05 bits per heavy atom. The predicted molar refractivity (Wildman–Crippen MR) is 69.3 cm³/mol. The lowest BCUT2D eigenvalue weighted by molar-refractivity contribution is -0.164. The average molecular weight is 268 g/mol. The summed E-state index contributed by atoms with van der Waals surface area (Å²) < 4.78 is 15.9. The quantitative estimate of drug-likeness (QED) is 0.560. The van der Waals surface area contributed by atoms with Gasteiger partial charge in [-0.3, -0.25) is 9.59 Å². The van der Waals surface area contributed by atoms with Crippen LogP contribution in [-0.4, -0.2) is 36.9 Å². The molecule has 0 radical (unpaired) electrons. The summed E-state index contributed by atoms with van der Waals surface area (Å²) in [4.78, 5) is 21.9. The maximum absolute atomic E-state index is 11.0. The van der Waals surface area contributed by atoms with Crippen molar-refractivity contribution in [3.05, 3.63) is 24.8 Å². The van der Waals surface area contributed by atoms with Crippen LogP contribution in [0.1, 0.15) is 20.8 Å². The first kappa shape index (κ1) is 15.4. The van der Waals surface area contributed by atoms with E-state index in [1.807, 2.05) is 13.0 Å². The fourth-order valence-corrected chi connectivity index (χ4v) is 1.74. The van der Waals surface area contributed by atoms with E-state index in [4.69, 9.17) is 14.2 Å². The fraction of sp³-hybridized carbons (Fsp3) is 0.571. The normalized spacial score (nSPS) is 27.4. The van der Waals surface area contributed by atoms with Crippen LogP contribution in [0, 0.1) is 5.92 Å². The van der Waals surface area contributed by atoms with Gasteiger partial charge in [-0.25, -0.2) is 0 Å². The SMILES string of the molecule is C=CC(C)[C@@H]1C=C[C@H](OC(C)=O)[C@@H](COC(C)=O)O1. The van der Waals surface area contributed by atoms with E-state index in [0.29, 0.717) is 0 Å². The lowest BCUT2D eigenvalue weighted by Crippen LogP contribution is -2.42.